The molecule has 128 valence electrons. The van der Waals surface area contributed by atoms with Crippen LogP contribution in [0.2, 0.25) is 0 Å². The van der Waals surface area contributed by atoms with E-state index >= 15 is 0 Å². The van der Waals surface area contributed by atoms with Crippen molar-refractivity contribution < 1.29 is 4.74 Å². The van der Waals surface area contributed by atoms with Crippen molar-refractivity contribution in [3.8, 4) is 0 Å². The van der Waals surface area contributed by atoms with Gasteiger partial charge in [-0.1, -0.05) is 23.8 Å². The second-order valence-corrected chi connectivity index (χ2v) is 7.39. The lowest BCUT2D eigenvalue weighted by Gasteiger charge is -2.34. The summed E-state index contributed by atoms with van der Waals surface area (Å²) in [5, 5.41) is 0. The molecule has 23 heavy (non-hydrogen) atoms. The van der Waals surface area contributed by atoms with Gasteiger partial charge in [-0.05, 0) is 69.8 Å². The van der Waals surface area contributed by atoms with Crippen molar-refractivity contribution in [2.24, 2.45) is 5.92 Å². The van der Waals surface area contributed by atoms with E-state index in [1.807, 2.05) is 0 Å². The Labute approximate surface area is 141 Å². The topological polar surface area (TPSA) is 15.7 Å². The minimum absolute atomic E-state index is 0.924. The first-order chi connectivity index (χ1) is 11.2. The highest BCUT2D eigenvalue weighted by atomic mass is 16.5. The van der Waals surface area contributed by atoms with E-state index < -0.39 is 0 Å². The summed E-state index contributed by atoms with van der Waals surface area (Å²) in [7, 11) is 0. The molecule has 3 rings (SSSR count). The van der Waals surface area contributed by atoms with Crippen LogP contribution in [-0.4, -0.2) is 55.7 Å². The second kappa shape index (κ2) is 8.27. The van der Waals surface area contributed by atoms with Crippen molar-refractivity contribution >= 4 is 0 Å². The average molecular weight is 316 g/mol. The lowest BCUT2D eigenvalue weighted by Crippen LogP contribution is -2.39. The summed E-state index contributed by atoms with van der Waals surface area (Å²) >= 11 is 0. The smallest absolute Gasteiger partial charge is 0.0594 e. The van der Waals surface area contributed by atoms with Crippen LogP contribution in [0.3, 0.4) is 0 Å². The molecule has 0 bridgehead atoms. The Balaban J connectivity index is 1.40. The molecule has 0 unspecified atom stereocenters. The molecule has 0 aromatic heterocycles. The third-order valence-electron chi connectivity index (χ3n) is 5.56. The molecule has 0 radical (unpaired) electrons. The van der Waals surface area contributed by atoms with Crippen molar-refractivity contribution in [3.63, 3.8) is 0 Å². The molecule has 2 fully saturated rings. The highest BCUT2D eigenvalue weighted by molar-refractivity contribution is 5.30. The molecule has 2 heterocycles. The summed E-state index contributed by atoms with van der Waals surface area (Å²) in [5.74, 6) is 0.924. The Morgan fingerprint density at radius 2 is 1.74 bits per heavy atom. The Morgan fingerprint density at radius 3 is 2.48 bits per heavy atom. The molecular weight excluding hydrogens is 284 g/mol. The van der Waals surface area contributed by atoms with Gasteiger partial charge in [-0.3, -0.25) is 9.80 Å². The SMILES string of the molecule is Cc1ccc(C)c(CN2CCC(CCN3CCOCC3)CC2)c1. The molecule has 2 aliphatic heterocycles. The van der Waals surface area contributed by atoms with Crippen molar-refractivity contribution in [1.82, 2.24) is 9.80 Å². The van der Waals surface area contributed by atoms with Crippen LogP contribution in [0.25, 0.3) is 0 Å². The Bertz CT molecular complexity index is 488. The minimum Gasteiger partial charge on any atom is -0.379 e. The van der Waals surface area contributed by atoms with Crippen LogP contribution in [0.5, 0.6) is 0 Å². The first-order valence-corrected chi connectivity index (χ1v) is 9.29. The Kier molecular flexibility index (Phi) is 6.09. The van der Waals surface area contributed by atoms with Crippen molar-refractivity contribution in [2.45, 2.75) is 39.7 Å². The molecule has 2 aliphatic rings. The number of hydrogen-bond donors (Lipinski definition) is 0. The number of hydrogen-bond acceptors (Lipinski definition) is 3. The monoisotopic (exact) mass is 316 g/mol. The van der Waals surface area contributed by atoms with Crippen molar-refractivity contribution in [1.29, 1.82) is 0 Å². The van der Waals surface area contributed by atoms with E-state index in [2.05, 4.69) is 41.8 Å². The van der Waals surface area contributed by atoms with Gasteiger partial charge in [-0.2, -0.15) is 0 Å². The lowest BCUT2D eigenvalue weighted by molar-refractivity contribution is 0.0334. The number of likely N-dealkylation sites (tertiary alicyclic amines) is 1. The van der Waals surface area contributed by atoms with Gasteiger partial charge >= 0.3 is 0 Å². The average Bonchev–Trinajstić information content (AvgIpc) is 2.58. The van der Waals surface area contributed by atoms with E-state index in [1.54, 1.807) is 0 Å². The predicted octanol–water partition coefficient (Wildman–Crippen LogP) is 3.24. The van der Waals surface area contributed by atoms with Gasteiger partial charge in [0.2, 0.25) is 0 Å². The van der Waals surface area contributed by atoms with E-state index in [0.717, 1.165) is 38.8 Å². The number of nitrogens with zero attached hydrogens (tertiary/aromatic N) is 2. The number of benzene rings is 1. The summed E-state index contributed by atoms with van der Waals surface area (Å²) in [6.07, 6.45) is 4.11. The van der Waals surface area contributed by atoms with E-state index in [0.29, 0.717) is 0 Å². The zero-order chi connectivity index (χ0) is 16.1. The van der Waals surface area contributed by atoms with Crippen LogP contribution in [0.4, 0.5) is 0 Å². The molecule has 1 aromatic carbocycles. The maximum atomic E-state index is 5.43. The molecule has 0 spiro atoms. The van der Waals surface area contributed by atoms with Crippen LogP contribution in [0, 0.1) is 19.8 Å². The lowest BCUT2D eigenvalue weighted by atomic mass is 9.92. The molecule has 1 aromatic rings. The van der Waals surface area contributed by atoms with Crippen LogP contribution in [-0.2, 0) is 11.3 Å². The van der Waals surface area contributed by atoms with Gasteiger partial charge in [0.15, 0.2) is 0 Å². The zero-order valence-corrected chi connectivity index (χ0v) is 14.9. The Morgan fingerprint density at radius 1 is 1.00 bits per heavy atom. The number of ether oxygens (including phenoxy) is 1. The maximum absolute atomic E-state index is 5.43. The highest BCUT2D eigenvalue weighted by Gasteiger charge is 2.21. The predicted molar refractivity (Wildman–Crippen MR) is 95.8 cm³/mol. The first kappa shape index (κ1) is 16.9. The zero-order valence-electron chi connectivity index (χ0n) is 14.9. The fourth-order valence-electron chi connectivity index (χ4n) is 3.83. The fraction of sp³-hybridized carbons (Fsp3) is 0.700. The molecule has 3 nitrogen and oxygen atoms in total. The van der Waals surface area contributed by atoms with E-state index in [4.69, 9.17) is 4.74 Å². The van der Waals surface area contributed by atoms with Crippen molar-refractivity contribution in [2.75, 3.05) is 45.9 Å². The van der Waals surface area contributed by atoms with Crippen LogP contribution in [0.1, 0.15) is 36.0 Å². The number of rotatable bonds is 5. The number of morpholine rings is 1. The summed E-state index contributed by atoms with van der Waals surface area (Å²) in [4.78, 5) is 5.22. The molecule has 3 heteroatoms. The molecule has 2 saturated heterocycles. The molecular formula is C20H32N2O. The van der Waals surface area contributed by atoms with Crippen LogP contribution >= 0.6 is 0 Å². The maximum Gasteiger partial charge on any atom is 0.0594 e. The second-order valence-electron chi connectivity index (χ2n) is 7.39. The number of aryl methyl sites for hydroxylation is 2. The van der Waals surface area contributed by atoms with E-state index in [-0.39, 0.29) is 0 Å². The van der Waals surface area contributed by atoms with E-state index in [9.17, 15) is 0 Å². The molecule has 0 saturated carbocycles. The third-order valence-corrected chi connectivity index (χ3v) is 5.56. The van der Waals surface area contributed by atoms with Crippen molar-refractivity contribution in [3.05, 3.63) is 34.9 Å². The molecule has 0 aliphatic carbocycles. The highest BCUT2D eigenvalue weighted by Crippen LogP contribution is 2.23. The molecule has 0 N–H and O–H groups in total. The molecule has 0 amide bonds. The summed E-state index contributed by atoms with van der Waals surface area (Å²) in [6, 6.07) is 6.84. The third kappa shape index (κ3) is 5.03. The van der Waals surface area contributed by atoms with E-state index in [1.165, 1.54) is 55.6 Å². The van der Waals surface area contributed by atoms with Gasteiger partial charge in [-0.25, -0.2) is 0 Å². The van der Waals surface area contributed by atoms with Gasteiger partial charge in [-0.15, -0.1) is 0 Å². The number of piperidine rings is 1. The normalized spacial score (nSPS) is 21.7. The van der Waals surface area contributed by atoms with Gasteiger partial charge < -0.3 is 4.74 Å². The quantitative estimate of drug-likeness (QED) is 0.829. The van der Waals surface area contributed by atoms with Gasteiger partial charge in [0.25, 0.3) is 0 Å². The van der Waals surface area contributed by atoms with Gasteiger partial charge in [0.1, 0.15) is 0 Å². The first-order valence-electron chi connectivity index (χ1n) is 9.29. The standard InChI is InChI=1S/C20H32N2O/c1-17-3-4-18(2)20(15-17)16-22-9-6-19(7-10-22)5-8-21-11-13-23-14-12-21/h3-4,15,19H,5-14,16H2,1-2H3. The fourth-order valence-corrected chi connectivity index (χ4v) is 3.83. The summed E-state index contributed by atoms with van der Waals surface area (Å²) in [5.41, 5.74) is 4.33. The van der Waals surface area contributed by atoms with Gasteiger partial charge in [0, 0.05) is 19.6 Å². The Hall–Kier alpha value is -0.900. The van der Waals surface area contributed by atoms with Crippen LogP contribution < -0.4 is 0 Å². The largest absolute Gasteiger partial charge is 0.379 e. The summed E-state index contributed by atoms with van der Waals surface area (Å²) in [6.45, 7) is 13.5. The summed E-state index contributed by atoms with van der Waals surface area (Å²) < 4.78 is 5.43. The van der Waals surface area contributed by atoms with Crippen LogP contribution in [0.15, 0.2) is 18.2 Å². The van der Waals surface area contributed by atoms with Gasteiger partial charge in [0.05, 0.1) is 13.2 Å². The minimum atomic E-state index is 0.924. The molecule has 0 atom stereocenters.